The van der Waals surface area contributed by atoms with Crippen LogP contribution in [0.3, 0.4) is 0 Å². The Hall–Kier alpha value is -2.67. The molecule has 3 aromatic carbocycles. The predicted molar refractivity (Wildman–Crippen MR) is 110 cm³/mol. The largest absolute Gasteiger partial charge is 0.299 e. The average molecular weight is 350 g/mol. The molecule has 3 unspecified atom stereocenters. The summed E-state index contributed by atoms with van der Waals surface area (Å²) in [6.45, 7) is 0. The molecule has 1 fully saturated rings. The van der Waals surface area contributed by atoms with E-state index in [1.54, 1.807) is 0 Å². The molecule has 2 bridgehead atoms. The van der Waals surface area contributed by atoms with Gasteiger partial charge in [0.25, 0.3) is 0 Å². The van der Waals surface area contributed by atoms with Gasteiger partial charge in [0.15, 0.2) is 0 Å². The maximum atomic E-state index is 13.2. The van der Waals surface area contributed by atoms with Crippen LogP contribution in [0.5, 0.6) is 0 Å². The number of hydrogen-bond acceptors (Lipinski definition) is 1. The summed E-state index contributed by atoms with van der Waals surface area (Å²) >= 11 is 0. The van der Waals surface area contributed by atoms with Gasteiger partial charge in [-0.3, -0.25) is 4.79 Å². The van der Waals surface area contributed by atoms with Gasteiger partial charge in [0.1, 0.15) is 5.78 Å². The lowest BCUT2D eigenvalue weighted by Gasteiger charge is -2.38. The normalized spacial score (nSPS) is 28.2. The summed E-state index contributed by atoms with van der Waals surface area (Å²) in [5.74, 6) is 1.58. The molecule has 3 aromatic rings. The van der Waals surface area contributed by atoms with Crippen LogP contribution in [0, 0.1) is 17.3 Å². The van der Waals surface area contributed by atoms with Crippen molar-refractivity contribution in [3.8, 4) is 11.1 Å². The van der Waals surface area contributed by atoms with E-state index in [-0.39, 0.29) is 5.41 Å². The number of carbonyl (C=O) groups is 1. The molecular formula is C26H22O. The van der Waals surface area contributed by atoms with Gasteiger partial charge in [-0.15, -0.1) is 0 Å². The highest BCUT2D eigenvalue weighted by Gasteiger charge is 2.54. The van der Waals surface area contributed by atoms with Gasteiger partial charge in [-0.05, 0) is 70.2 Å². The molecule has 3 aliphatic carbocycles. The molecule has 1 heteroatoms. The fourth-order valence-electron chi connectivity index (χ4n) is 5.80. The van der Waals surface area contributed by atoms with Crippen LogP contribution in [0.15, 0.2) is 72.8 Å². The Labute approximate surface area is 159 Å². The molecule has 0 N–H and O–H groups in total. The van der Waals surface area contributed by atoms with Crippen molar-refractivity contribution in [2.24, 2.45) is 17.3 Å². The van der Waals surface area contributed by atoms with Crippen molar-refractivity contribution in [3.05, 3.63) is 83.9 Å². The summed E-state index contributed by atoms with van der Waals surface area (Å²) in [7, 11) is 0. The molecule has 1 nitrogen and oxygen atoms in total. The van der Waals surface area contributed by atoms with Gasteiger partial charge >= 0.3 is 0 Å². The summed E-state index contributed by atoms with van der Waals surface area (Å²) in [6, 6.07) is 21.8. The highest BCUT2D eigenvalue weighted by Crippen LogP contribution is 2.56. The molecule has 0 saturated heterocycles. The maximum Gasteiger partial charge on any atom is 0.144 e. The molecule has 132 valence electrons. The Morgan fingerprint density at radius 1 is 0.815 bits per heavy atom. The zero-order valence-corrected chi connectivity index (χ0v) is 15.3. The van der Waals surface area contributed by atoms with Crippen molar-refractivity contribution in [2.45, 2.75) is 25.7 Å². The lowest BCUT2D eigenvalue weighted by Crippen LogP contribution is -2.41. The monoisotopic (exact) mass is 350 g/mol. The third kappa shape index (κ3) is 2.21. The van der Waals surface area contributed by atoms with Crippen LogP contribution in [0.1, 0.15) is 24.0 Å². The number of hydrogen-bond donors (Lipinski definition) is 0. The number of benzene rings is 3. The Balaban J connectivity index is 1.44. The zero-order valence-electron chi connectivity index (χ0n) is 15.3. The molecule has 0 aromatic heterocycles. The third-order valence-electron chi connectivity index (χ3n) is 7.19. The van der Waals surface area contributed by atoms with E-state index in [0.29, 0.717) is 24.0 Å². The van der Waals surface area contributed by atoms with E-state index in [1.165, 1.54) is 39.4 Å². The van der Waals surface area contributed by atoms with E-state index >= 15 is 0 Å². The van der Waals surface area contributed by atoms with Crippen molar-refractivity contribution in [3.63, 3.8) is 0 Å². The Morgan fingerprint density at radius 2 is 1.67 bits per heavy atom. The molecule has 1 spiro atoms. The number of carbonyl (C=O) groups excluding carboxylic acids is 1. The van der Waals surface area contributed by atoms with Crippen LogP contribution in [0.2, 0.25) is 0 Å². The Morgan fingerprint density at radius 3 is 2.44 bits per heavy atom. The van der Waals surface area contributed by atoms with Crippen LogP contribution in [-0.2, 0) is 17.6 Å². The highest BCUT2D eigenvalue weighted by atomic mass is 16.1. The van der Waals surface area contributed by atoms with Crippen molar-refractivity contribution in [1.29, 1.82) is 0 Å². The SMILES string of the molecule is O=C1Cc2cc3cc(-c4ccccc4)ccc3cc2CC12CC1C=CC2C1. The summed E-state index contributed by atoms with van der Waals surface area (Å²) in [5.41, 5.74) is 5.01. The molecule has 6 rings (SSSR count). The van der Waals surface area contributed by atoms with Crippen molar-refractivity contribution >= 4 is 16.6 Å². The fraction of sp³-hybridized carbons (Fsp3) is 0.269. The van der Waals surface area contributed by atoms with E-state index in [4.69, 9.17) is 0 Å². The highest BCUT2D eigenvalue weighted by molar-refractivity contribution is 5.94. The molecule has 0 heterocycles. The molecule has 3 aliphatic rings. The zero-order chi connectivity index (χ0) is 18.0. The van der Waals surface area contributed by atoms with Crippen LogP contribution in [0.25, 0.3) is 21.9 Å². The topological polar surface area (TPSA) is 17.1 Å². The van der Waals surface area contributed by atoms with E-state index in [1.807, 2.05) is 6.07 Å². The van der Waals surface area contributed by atoms with Gasteiger partial charge < -0.3 is 0 Å². The molecule has 1 saturated carbocycles. The summed E-state index contributed by atoms with van der Waals surface area (Å²) in [6.07, 6.45) is 8.46. The van der Waals surface area contributed by atoms with Gasteiger partial charge in [-0.2, -0.15) is 0 Å². The second-order valence-corrected chi connectivity index (χ2v) is 8.67. The van der Waals surface area contributed by atoms with Gasteiger partial charge in [0.2, 0.25) is 0 Å². The van der Waals surface area contributed by atoms with Crippen LogP contribution >= 0.6 is 0 Å². The second-order valence-electron chi connectivity index (χ2n) is 8.67. The first-order valence-corrected chi connectivity index (χ1v) is 10.0. The summed E-state index contributed by atoms with van der Waals surface area (Å²) in [5, 5.41) is 2.53. The van der Waals surface area contributed by atoms with E-state index in [9.17, 15) is 4.79 Å². The first-order chi connectivity index (χ1) is 13.2. The van der Waals surface area contributed by atoms with E-state index in [2.05, 4.69) is 66.7 Å². The third-order valence-corrected chi connectivity index (χ3v) is 7.19. The van der Waals surface area contributed by atoms with Crippen molar-refractivity contribution in [2.75, 3.05) is 0 Å². The molecular weight excluding hydrogens is 328 g/mol. The van der Waals surface area contributed by atoms with E-state index < -0.39 is 0 Å². The quantitative estimate of drug-likeness (QED) is 0.510. The number of ketones is 1. The van der Waals surface area contributed by atoms with Crippen LogP contribution < -0.4 is 0 Å². The first-order valence-electron chi connectivity index (χ1n) is 10.0. The average Bonchev–Trinajstić information content (AvgIpc) is 3.30. The number of allylic oxidation sites excluding steroid dienone is 2. The number of fused-ring (bicyclic) bond motifs is 5. The lowest BCUT2D eigenvalue weighted by atomic mass is 9.63. The van der Waals surface area contributed by atoms with E-state index in [0.717, 1.165) is 12.8 Å². The maximum absolute atomic E-state index is 13.2. The molecule has 3 atom stereocenters. The predicted octanol–water partition coefficient (Wildman–Crippen LogP) is 5.76. The smallest absolute Gasteiger partial charge is 0.144 e. The van der Waals surface area contributed by atoms with Gasteiger partial charge in [-0.25, -0.2) is 0 Å². The minimum absolute atomic E-state index is 0.107. The first kappa shape index (κ1) is 15.4. The fourth-order valence-corrected chi connectivity index (χ4v) is 5.80. The molecule has 0 amide bonds. The Kier molecular flexibility index (Phi) is 3.09. The summed E-state index contributed by atoms with van der Waals surface area (Å²) in [4.78, 5) is 13.2. The minimum Gasteiger partial charge on any atom is -0.299 e. The van der Waals surface area contributed by atoms with Crippen LogP contribution in [-0.4, -0.2) is 5.78 Å². The van der Waals surface area contributed by atoms with Crippen molar-refractivity contribution in [1.82, 2.24) is 0 Å². The van der Waals surface area contributed by atoms with Gasteiger partial charge in [0.05, 0.1) is 0 Å². The standard InChI is InChI=1S/C26H22O/c27-25-14-22-13-21-11-19(18-4-2-1-3-5-18)7-8-20(21)12-23(22)16-26(25)15-17-6-9-24(26)10-17/h1-9,11-13,17,24H,10,14-16H2. The summed E-state index contributed by atoms with van der Waals surface area (Å²) < 4.78 is 0. The Bertz CT molecular complexity index is 1110. The molecule has 0 aliphatic heterocycles. The minimum atomic E-state index is -0.107. The second kappa shape index (κ2) is 5.42. The number of Topliss-reactive ketones (excluding diaryl/α,β-unsaturated/α-hetero) is 1. The lowest BCUT2D eigenvalue weighted by molar-refractivity contribution is -0.130. The molecule has 27 heavy (non-hydrogen) atoms. The van der Waals surface area contributed by atoms with Crippen LogP contribution in [0.4, 0.5) is 0 Å². The van der Waals surface area contributed by atoms with Gasteiger partial charge in [-0.1, -0.05) is 66.7 Å². The number of rotatable bonds is 1. The van der Waals surface area contributed by atoms with Crippen molar-refractivity contribution < 1.29 is 4.79 Å². The van der Waals surface area contributed by atoms with Gasteiger partial charge in [0, 0.05) is 11.8 Å². The molecule has 0 radical (unpaired) electrons.